The van der Waals surface area contributed by atoms with Crippen LogP contribution in [0.4, 0.5) is 0 Å². The Balaban J connectivity index is 1.62. The third-order valence-electron chi connectivity index (χ3n) is 7.96. The van der Waals surface area contributed by atoms with Crippen LogP contribution in [0.15, 0.2) is 0 Å². The van der Waals surface area contributed by atoms with Gasteiger partial charge >= 0.3 is 0 Å². The Morgan fingerprint density at radius 3 is 2.65 bits per heavy atom. The van der Waals surface area contributed by atoms with Crippen molar-refractivity contribution < 1.29 is 4.79 Å². The molecule has 6 atom stereocenters. The van der Waals surface area contributed by atoms with E-state index in [1.165, 1.54) is 57.8 Å². The van der Waals surface area contributed by atoms with Crippen LogP contribution in [0, 0.1) is 35.0 Å². The molecule has 4 aliphatic carbocycles. The van der Waals surface area contributed by atoms with Crippen molar-refractivity contribution in [2.24, 2.45) is 35.0 Å². The molecule has 4 rings (SSSR count). The second-order valence-corrected chi connectivity index (χ2v) is 8.23. The zero-order valence-corrected chi connectivity index (χ0v) is 13.1. The van der Waals surface area contributed by atoms with Crippen LogP contribution in [0.3, 0.4) is 0 Å². The van der Waals surface area contributed by atoms with Gasteiger partial charge in [-0.2, -0.15) is 0 Å². The number of rotatable bonds is 1. The first kappa shape index (κ1) is 13.3. The molecule has 20 heavy (non-hydrogen) atoms. The Labute approximate surface area is 123 Å². The molecule has 0 aliphatic heterocycles. The average molecular weight is 274 g/mol. The summed E-state index contributed by atoms with van der Waals surface area (Å²) in [5.74, 6) is 5.39. The summed E-state index contributed by atoms with van der Waals surface area (Å²) in [6.45, 7) is 2.28. The minimum Gasteiger partial charge on any atom is -0.299 e. The van der Waals surface area contributed by atoms with Gasteiger partial charge in [-0.15, -0.1) is 0 Å². The van der Waals surface area contributed by atoms with E-state index in [4.69, 9.17) is 0 Å². The molecule has 112 valence electrons. The van der Waals surface area contributed by atoms with Crippen molar-refractivity contribution in [3.05, 3.63) is 0 Å². The highest BCUT2D eigenvalue weighted by Gasteiger charge is 2.57. The Hall–Kier alpha value is -0.330. The molecule has 0 aromatic heterocycles. The Bertz CT molecular complexity index is 401. The molecule has 1 heteroatoms. The number of ketones is 1. The summed E-state index contributed by atoms with van der Waals surface area (Å²) in [6, 6.07) is 0. The predicted molar refractivity (Wildman–Crippen MR) is 81.4 cm³/mol. The maximum absolute atomic E-state index is 12.5. The molecular weight excluding hydrogens is 244 g/mol. The first-order valence-corrected chi connectivity index (χ1v) is 9.29. The Kier molecular flexibility index (Phi) is 3.23. The van der Waals surface area contributed by atoms with Crippen molar-refractivity contribution in [1.29, 1.82) is 0 Å². The highest BCUT2D eigenvalue weighted by Crippen LogP contribution is 2.62. The minimum atomic E-state index is 0.128. The maximum Gasteiger partial charge on any atom is 0.139 e. The van der Waals surface area contributed by atoms with Crippen LogP contribution >= 0.6 is 0 Å². The van der Waals surface area contributed by atoms with Gasteiger partial charge in [0.15, 0.2) is 0 Å². The van der Waals surface area contributed by atoms with Crippen LogP contribution in [0.5, 0.6) is 0 Å². The van der Waals surface area contributed by atoms with Gasteiger partial charge in [0.2, 0.25) is 0 Å². The van der Waals surface area contributed by atoms with E-state index in [-0.39, 0.29) is 5.41 Å². The summed E-state index contributed by atoms with van der Waals surface area (Å²) in [5, 5.41) is 0. The van der Waals surface area contributed by atoms with E-state index < -0.39 is 0 Å². The lowest BCUT2D eigenvalue weighted by Gasteiger charge is -2.54. The Morgan fingerprint density at radius 2 is 1.80 bits per heavy atom. The van der Waals surface area contributed by atoms with E-state index in [9.17, 15) is 4.79 Å². The van der Waals surface area contributed by atoms with Gasteiger partial charge in [-0.25, -0.2) is 0 Å². The maximum atomic E-state index is 12.5. The van der Waals surface area contributed by atoms with Crippen LogP contribution in [0.25, 0.3) is 0 Å². The first-order valence-electron chi connectivity index (χ1n) is 9.29. The number of carbonyl (C=O) groups is 1. The van der Waals surface area contributed by atoms with Crippen molar-refractivity contribution in [3.8, 4) is 0 Å². The lowest BCUT2D eigenvalue weighted by molar-refractivity contribution is -0.135. The van der Waals surface area contributed by atoms with Crippen molar-refractivity contribution in [2.45, 2.75) is 77.6 Å². The number of hydrogen-bond acceptors (Lipinski definition) is 1. The van der Waals surface area contributed by atoms with Gasteiger partial charge in [0.05, 0.1) is 0 Å². The summed E-state index contributed by atoms with van der Waals surface area (Å²) in [5.41, 5.74) is 0.128. The molecule has 0 aromatic rings. The fourth-order valence-electron chi connectivity index (χ4n) is 7.05. The van der Waals surface area contributed by atoms with Gasteiger partial charge in [-0.1, -0.05) is 26.2 Å². The summed E-state index contributed by atoms with van der Waals surface area (Å²) >= 11 is 0. The van der Waals surface area contributed by atoms with Crippen LogP contribution < -0.4 is 0 Å². The summed E-state index contributed by atoms with van der Waals surface area (Å²) in [4.78, 5) is 12.5. The second-order valence-electron chi connectivity index (χ2n) is 8.23. The number of Topliss-reactive ketones (excluding diaryl/α,β-unsaturated/α-hetero) is 1. The molecule has 0 aromatic carbocycles. The monoisotopic (exact) mass is 274 g/mol. The smallest absolute Gasteiger partial charge is 0.139 e. The highest BCUT2D eigenvalue weighted by molar-refractivity contribution is 5.87. The minimum absolute atomic E-state index is 0.128. The summed E-state index contributed by atoms with van der Waals surface area (Å²) in [6.07, 6.45) is 14.8. The number of carbonyl (C=O) groups excluding carboxylic acids is 1. The zero-order valence-electron chi connectivity index (χ0n) is 13.1. The molecule has 0 amide bonds. The molecule has 1 nitrogen and oxygen atoms in total. The van der Waals surface area contributed by atoms with E-state index in [1.54, 1.807) is 0 Å². The standard InChI is InChI=1S/C19H30O/c1-2-19-12-11-15-14-6-4-3-5-13(14)7-8-16(15)17(19)9-10-18(19)20/h13-17H,2-12H2,1H3/t13-,14+,15-,16-,17+,19+/m1/s1. The third kappa shape index (κ3) is 1.70. The van der Waals surface area contributed by atoms with Crippen molar-refractivity contribution >= 4 is 5.78 Å². The van der Waals surface area contributed by atoms with Gasteiger partial charge in [0.25, 0.3) is 0 Å². The van der Waals surface area contributed by atoms with Crippen LogP contribution in [0.1, 0.15) is 77.6 Å². The van der Waals surface area contributed by atoms with E-state index in [2.05, 4.69) is 6.92 Å². The lowest BCUT2D eigenvalue weighted by atomic mass is 9.50. The molecule has 0 radical (unpaired) electrons. The van der Waals surface area contributed by atoms with Gasteiger partial charge in [-0.3, -0.25) is 4.79 Å². The normalized spacial score (nSPS) is 51.2. The van der Waals surface area contributed by atoms with Crippen LogP contribution in [-0.4, -0.2) is 5.78 Å². The first-order chi connectivity index (χ1) is 9.76. The van der Waals surface area contributed by atoms with Gasteiger partial charge in [0.1, 0.15) is 5.78 Å². The van der Waals surface area contributed by atoms with Crippen molar-refractivity contribution in [2.75, 3.05) is 0 Å². The fraction of sp³-hybridized carbons (Fsp3) is 0.947. The van der Waals surface area contributed by atoms with Crippen molar-refractivity contribution in [3.63, 3.8) is 0 Å². The molecule has 0 saturated heterocycles. The predicted octanol–water partition coefficient (Wildman–Crippen LogP) is 4.99. The quantitative estimate of drug-likeness (QED) is 0.658. The van der Waals surface area contributed by atoms with Crippen LogP contribution in [-0.2, 0) is 4.79 Å². The molecule has 0 bridgehead atoms. The number of hydrogen-bond donors (Lipinski definition) is 0. The molecule has 4 aliphatic rings. The topological polar surface area (TPSA) is 17.1 Å². The van der Waals surface area contributed by atoms with E-state index in [1.807, 2.05) is 0 Å². The molecule has 0 unspecified atom stereocenters. The van der Waals surface area contributed by atoms with E-state index >= 15 is 0 Å². The molecule has 4 fully saturated rings. The lowest BCUT2D eigenvalue weighted by Crippen LogP contribution is -2.49. The molecule has 0 heterocycles. The van der Waals surface area contributed by atoms with Crippen LogP contribution in [0.2, 0.25) is 0 Å². The molecule has 4 saturated carbocycles. The fourth-order valence-corrected chi connectivity index (χ4v) is 7.05. The van der Waals surface area contributed by atoms with Gasteiger partial charge in [0, 0.05) is 11.8 Å². The van der Waals surface area contributed by atoms with E-state index in [0.29, 0.717) is 5.78 Å². The van der Waals surface area contributed by atoms with E-state index in [0.717, 1.165) is 42.4 Å². The Morgan fingerprint density at radius 1 is 0.950 bits per heavy atom. The highest BCUT2D eigenvalue weighted by atomic mass is 16.1. The molecule has 0 spiro atoms. The van der Waals surface area contributed by atoms with Crippen molar-refractivity contribution in [1.82, 2.24) is 0 Å². The molecular formula is C19H30O. The largest absolute Gasteiger partial charge is 0.299 e. The molecule has 0 N–H and O–H groups in total. The zero-order chi connectivity index (χ0) is 13.7. The van der Waals surface area contributed by atoms with Gasteiger partial charge < -0.3 is 0 Å². The average Bonchev–Trinajstić information content (AvgIpc) is 2.85. The number of fused-ring (bicyclic) bond motifs is 5. The SMILES string of the molecule is CC[C@]12CC[C@H]3[C@@H](CC[C@H]4CCCC[C@@H]43)[C@@H]1CCC2=O. The summed E-state index contributed by atoms with van der Waals surface area (Å²) < 4.78 is 0. The summed E-state index contributed by atoms with van der Waals surface area (Å²) in [7, 11) is 0. The van der Waals surface area contributed by atoms with Gasteiger partial charge in [-0.05, 0) is 74.5 Å². The third-order valence-corrected chi connectivity index (χ3v) is 7.96. The second kappa shape index (κ2) is 4.85.